The van der Waals surface area contributed by atoms with E-state index in [4.69, 9.17) is 0 Å². The van der Waals surface area contributed by atoms with Crippen molar-refractivity contribution in [2.45, 2.75) is 32.9 Å². The van der Waals surface area contributed by atoms with Gasteiger partial charge in [-0.25, -0.2) is 8.42 Å². The van der Waals surface area contributed by atoms with Crippen LogP contribution in [0.1, 0.15) is 24.5 Å². The molecule has 0 bridgehead atoms. The normalized spacial score (nSPS) is 19.3. The third-order valence-corrected chi connectivity index (χ3v) is 5.69. The molecule has 0 aromatic heterocycles. The van der Waals surface area contributed by atoms with Gasteiger partial charge in [0, 0.05) is 19.5 Å². The first-order valence-corrected chi connectivity index (χ1v) is 9.39. The summed E-state index contributed by atoms with van der Waals surface area (Å²) in [4.78, 5) is 25.2. The molecule has 1 fully saturated rings. The smallest absolute Gasteiger partial charge is 0.239 e. The number of sulfone groups is 1. The summed E-state index contributed by atoms with van der Waals surface area (Å²) >= 11 is 0. The molecular formula is C16H22N2O4S. The van der Waals surface area contributed by atoms with Crippen LogP contribution in [0.2, 0.25) is 0 Å². The number of benzene rings is 1. The molecule has 1 aromatic carbocycles. The Bertz CT molecular complexity index is 700. The van der Waals surface area contributed by atoms with Crippen molar-refractivity contribution < 1.29 is 18.0 Å². The largest absolute Gasteiger partial charge is 0.350 e. The predicted molar refractivity (Wildman–Crippen MR) is 87.5 cm³/mol. The highest BCUT2D eigenvalue weighted by molar-refractivity contribution is 7.91. The van der Waals surface area contributed by atoms with Crippen LogP contribution in [0.15, 0.2) is 24.3 Å². The topological polar surface area (TPSA) is 83.6 Å². The lowest BCUT2D eigenvalue weighted by Gasteiger charge is -2.26. The molecule has 1 atom stereocenters. The summed E-state index contributed by atoms with van der Waals surface area (Å²) in [5.74, 6) is -0.548. The maximum Gasteiger partial charge on any atom is 0.239 e. The molecule has 1 unspecified atom stereocenters. The van der Waals surface area contributed by atoms with Crippen LogP contribution in [0.25, 0.3) is 0 Å². The van der Waals surface area contributed by atoms with Crippen molar-refractivity contribution in [3.63, 3.8) is 0 Å². The fourth-order valence-corrected chi connectivity index (χ4v) is 4.48. The summed E-state index contributed by atoms with van der Waals surface area (Å²) in [5.41, 5.74) is 2.09. The second-order valence-corrected chi connectivity index (χ2v) is 8.20. The van der Waals surface area contributed by atoms with Crippen molar-refractivity contribution >= 4 is 21.7 Å². The van der Waals surface area contributed by atoms with Gasteiger partial charge in [-0.3, -0.25) is 9.59 Å². The van der Waals surface area contributed by atoms with Crippen LogP contribution in [0, 0.1) is 6.92 Å². The van der Waals surface area contributed by atoms with Gasteiger partial charge in [0.1, 0.15) is 0 Å². The van der Waals surface area contributed by atoms with Gasteiger partial charge in [0.25, 0.3) is 0 Å². The lowest BCUT2D eigenvalue weighted by molar-refractivity contribution is -0.136. The predicted octanol–water partition coefficient (Wildman–Crippen LogP) is 0.647. The first kappa shape index (κ1) is 17.5. The molecule has 1 heterocycles. The number of hydrogen-bond donors (Lipinski definition) is 1. The first-order chi connectivity index (χ1) is 10.8. The molecule has 126 valence electrons. The van der Waals surface area contributed by atoms with Crippen molar-refractivity contribution in [1.82, 2.24) is 10.2 Å². The Labute approximate surface area is 136 Å². The molecule has 1 aliphatic heterocycles. The maximum atomic E-state index is 12.1. The van der Waals surface area contributed by atoms with Gasteiger partial charge in [-0.1, -0.05) is 29.8 Å². The summed E-state index contributed by atoms with van der Waals surface area (Å²) in [6, 6.07) is 7.39. The summed E-state index contributed by atoms with van der Waals surface area (Å²) in [5, 5.41) is 2.77. The van der Waals surface area contributed by atoms with E-state index in [1.54, 1.807) is 0 Å². The summed E-state index contributed by atoms with van der Waals surface area (Å²) in [7, 11) is -3.10. The number of carbonyl (C=O) groups excluding carboxylic acids is 2. The van der Waals surface area contributed by atoms with E-state index in [9.17, 15) is 18.0 Å². The van der Waals surface area contributed by atoms with Crippen LogP contribution in [-0.2, 0) is 26.0 Å². The molecular weight excluding hydrogens is 316 g/mol. The Hall–Kier alpha value is -1.89. The second kappa shape index (κ2) is 7.12. The molecule has 1 aromatic rings. The van der Waals surface area contributed by atoms with Gasteiger partial charge < -0.3 is 10.2 Å². The maximum absolute atomic E-state index is 12.1. The van der Waals surface area contributed by atoms with Crippen LogP contribution in [-0.4, -0.2) is 49.2 Å². The minimum atomic E-state index is -3.10. The molecule has 7 heteroatoms. The number of amides is 2. The highest BCUT2D eigenvalue weighted by atomic mass is 32.2. The second-order valence-electron chi connectivity index (χ2n) is 5.97. The highest BCUT2D eigenvalue weighted by Gasteiger charge is 2.34. The van der Waals surface area contributed by atoms with E-state index in [-0.39, 0.29) is 29.9 Å². The molecule has 0 aliphatic carbocycles. The molecule has 23 heavy (non-hydrogen) atoms. The molecule has 6 nitrogen and oxygen atoms in total. The molecule has 2 rings (SSSR count). The zero-order valence-corrected chi connectivity index (χ0v) is 14.2. The molecule has 1 N–H and O–H groups in total. The van der Waals surface area contributed by atoms with Gasteiger partial charge in [-0.05, 0) is 18.9 Å². The number of nitrogens with zero attached hydrogens (tertiary/aromatic N) is 1. The Balaban J connectivity index is 1.92. The van der Waals surface area contributed by atoms with Crippen LogP contribution in [0.4, 0.5) is 0 Å². The van der Waals surface area contributed by atoms with E-state index in [1.807, 2.05) is 31.2 Å². The molecule has 0 saturated carbocycles. The van der Waals surface area contributed by atoms with Crippen LogP contribution >= 0.6 is 0 Å². The van der Waals surface area contributed by atoms with E-state index in [0.717, 1.165) is 11.1 Å². The number of aryl methyl sites for hydroxylation is 1. The minimum Gasteiger partial charge on any atom is -0.350 e. The average molecular weight is 338 g/mol. The Morgan fingerprint density at radius 2 is 2.09 bits per heavy atom. The van der Waals surface area contributed by atoms with E-state index in [1.165, 1.54) is 11.8 Å². The van der Waals surface area contributed by atoms with E-state index in [2.05, 4.69) is 5.32 Å². The van der Waals surface area contributed by atoms with Crippen LogP contribution in [0.3, 0.4) is 0 Å². The summed E-state index contributed by atoms with van der Waals surface area (Å²) in [6.07, 6.45) is 0.396. The molecule has 0 radical (unpaired) electrons. The van der Waals surface area contributed by atoms with Gasteiger partial charge >= 0.3 is 0 Å². The first-order valence-electron chi connectivity index (χ1n) is 7.57. The Kier molecular flexibility index (Phi) is 5.41. The third kappa shape index (κ3) is 5.06. The monoisotopic (exact) mass is 338 g/mol. The Morgan fingerprint density at radius 1 is 1.35 bits per heavy atom. The zero-order chi connectivity index (χ0) is 17.0. The number of carbonyl (C=O) groups is 2. The Morgan fingerprint density at radius 3 is 2.65 bits per heavy atom. The molecule has 1 aliphatic rings. The van der Waals surface area contributed by atoms with Crippen molar-refractivity contribution in [3.05, 3.63) is 35.4 Å². The minimum absolute atomic E-state index is 0.0578. The molecule has 2 amide bonds. The quantitative estimate of drug-likeness (QED) is 0.854. The van der Waals surface area contributed by atoms with E-state index < -0.39 is 15.9 Å². The number of hydrogen-bond acceptors (Lipinski definition) is 4. The van der Waals surface area contributed by atoms with Gasteiger partial charge in [0.05, 0.1) is 18.1 Å². The molecule has 1 saturated heterocycles. The van der Waals surface area contributed by atoms with Gasteiger partial charge in [0.15, 0.2) is 9.84 Å². The van der Waals surface area contributed by atoms with Crippen molar-refractivity contribution in [3.8, 4) is 0 Å². The zero-order valence-electron chi connectivity index (χ0n) is 13.4. The average Bonchev–Trinajstić information content (AvgIpc) is 2.82. The fraction of sp³-hybridized carbons (Fsp3) is 0.500. The van der Waals surface area contributed by atoms with E-state index in [0.29, 0.717) is 13.0 Å². The number of rotatable bonds is 5. The van der Waals surface area contributed by atoms with Gasteiger partial charge in [-0.2, -0.15) is 0 Å². The summed E-state index contributed by atoms with van der Waals surface area (Å²) in [6.45, 7) is 3.61. The van der Waals surface area contributed by atoms with Crippen molar-refractivity contribution in [2.75, 3.05) is 18.1 Å². The van der Waals surface area contributed by atoms with Crippen molar-refractivity contribution in [2.24, 2.45) is 0 Å². The van der Waals surface area contributed by atoms with E-state index >= 15 is 0 Å². The standard InChI is InChI=1S/C16H22N2O4S/c1-12-4-3-5-14(8-12)9-17-16(20)10-18(13(2)19)15-6-7-23(21,22)11-15/h3-5,8,15H,6-7,9-11H2,1-2H3,(H,17,20). The fourth-order valence-electron chi connectivity index (χ4n) is 2.75. The third-order valence-electron chi connectivity index (χ3n) is 3.94. The van der Waals surface area contributed by atoms with Crippen LogP contribution < -0.4 is 5.32 Å². The number of nitrogens with one attached hydrogen (secondary N) is 1. The highest BCUT2D eigenvalue weighted by Crippen LogP contribution is 2.17. The SMILES string of the molecule is CC(=O)N(CC(=O)NCc1cccc(C)c1)C1CCS(=O)(=O)C1. The summed E-state index contributed by atoms with van der Waals surface area (Å²) < 4.78 is 23.1. The van der Waals surface area contributed by atoms with Crippen LogP contribution in [0.5, 0.6) is 0 Å². The van der Waals surface area contributed by atoms with Gasteiger partial charge in [-0.15, -0.1) is 0 Å². The molecule has 0 spiro atoms. The van der Waals surface area contributed by atoms with Crippen molar-refractivity contribution in [1.29, 1.82) is 0 Å². The van der Waals surface area contributed by atoms with Gasteiger partial charge in [0.2, 0.25) is 11.8 Å². The lowest BCUT2D eigenvalue weighted by atomic mass is 10.1. The lowest BCUT2D eigenvalue weighted by Crippen LogP contribution is -2.45.